The van der Waals surface area contributed by atoms with Crippen LogP contribution in [0.1, 0.15) is 100 Å². The van der Waals surface area contributed by atoms with Crippen LogP contribution < -0.4 is 10.2 Å². The number of hydrogen-bond donors (Lipinski definition) is 2. The Morgan fingerprint density at radius 2 is 1.71 bits per heavy atom. The predicted octanol–water partition coefficient (Wildman–Crippen LogP) is 5.59. The molecule has 0 radical (unpaired) electrons. The van der Waals surface area contributed by atoms with E-state index in [1.165, 1.54) is 11.3 Å². The Morgan fingerprint density at radius 1 is 1.03 bits per heavy atom. The summed E-state index contributed by atoms with van der Waals surface area (Å²) < 4.78 is 6.33. The van der Waals surface area contributed by atoms with Gasteiger partial charge in [0.2, 0.25) is 5.91 Å². The van der Waals surface area contributed by atoms with Gasteiger partial charge in [0.05, 0.1) is 17.9 Å². The third-order valence-electron chi connectivity index (χ3n) is 7.92. The van der Waals surface area contributed by atoms with E-state index in [1.807, 2.05) is 11.0 Å². The predicted molar refractivity (Wildman–Crippen MR) is 137 cm³/mol. The van der Waals surface area contributed by atoms with Gasteiger partial charge in [0.25, 0.3) is 0 Å². The van der Waals surface area contributed by atoms with Crippen molar-refractivity contribution in [2.75, 3.05) is 18.0 Å². The third kappa shape index (κ3) is 5.85. The van der Waals surface area contributed by atoms with Crippen molar-refractivity contribution in [1.29, 1.82) is 0 Å². The average molecular weight is 491 g/mol. The number of hydrogen-bond acceptors (Lipinski definition) is 5. The lowest BCUT2D eigenvalue weighted by Crippen LogP contribution is -2.47. The lowest BCUT2D eigenvalue weighted by Gasteiger charge is -2.40. The molecule has 0 aromatic carbocycles. The summed E-state index contributed by atoms with van der Waals surface area (Å²) in [6.07, 6.45) is 9.12. The van der Waals surface area contributed by atoms with E-state index in [1.54, 1.807) is 0 Å². The summed E-state index contributed by atoms with van der Waals surface area (Å²) in [6.45, 7) is 10.5. The van der Waals surface area contributed by atoms with E-state index in [9.17, 15) is 14.7 Å². The molecule has 0 bridgehead atoms. The van der Waals surface area contributed by atoms with E-state index < -0.39 is 5.97 Å². The molecule has 190 valence electrons. The zero-order valence-electron chi connectivity index (χ0n) is 21.3. The highest BCUT2D eigenvalue weighted by atomic mass is 32.1. The molecule has 3 aliphatic rings. The first-order valence-corrected chi connectivity index (χ1v) is 14.0. The molecule has 2 aliphatic carbocycles. The van der Waals surface area contributed by atoms with E-state index in [-0.39, 0.29) is 29.4 Å². The van der Waals surface area contributed by atoms with Gasteiger partial charge >= 0.3 is 5.97 Å². The molecule has 1 saturated heterocycles. The van der Waals surface area contributed by atoms with E-state index in [0.717, 1.165) is 75.8 Å². The van der Waals surface area contributed by atoms with Crippen molar-refractivity contribution in [3.05, 3.63) is 15.8 Å². The summed E-state index contributed by atoms with van der Waals surface area (Å²) in [5, 5.41) is 13.4. The van der Waals surface area contributed by atoms with Gasteiger partial charge < -0.3 is 20.1 Å². The van der Waals surface area contributed by atoms with Crippen molar-refractivity contribution in [2.45, 2.75) is 109 Å². The van der Waals surface area contributed by atoms with E-state index in [4.69, 9.17) is 4.74 Å². The number of carboxylic acid groups (broad SMARTS) is 1. The number of carboxylic acids is 1. The molecule has 6 nitrogen and oxygen atoms in total. The molecule has 1 atom stereocenters. The minimum atomic E-state index is -0.934. The summed E-state index contributed by atoms with van der Waals surface area (Å²) >= 11 is 1.33. The molecule has 2 N–H and O–H groups in total. The Morgan fingerprint density at radius 3 is 2.26 bits per heavy atom. The zero-order valence-corrected chi connectivity index (χ0v) is 22.1. The number of nitrogens with one attached hydrogen (secondary N) is 1. The highest BCUT2D eigenvalue weighted by Crippen LogP contribution is 2.42. The smallest absolute Gasteiger partial charge is 0.348 e. The zero-order chi connectivity index (χ0) is 24.5. The summed E-state index contributed by atoms with van der Waals surface area (Å²) in [5.74, 6) is -0.138. The Bertz CT molecular complexity index is 854. The Labute approximate surface area is 208 Å². The minimum Gasteiger partial charge on any atom is -0.477 e. The van der Waals surface area contributed by atoms with Crippen LogP contribution in [0.3, 0.4) is 0 Å². The van der Waals surface area contributed by atoms with Crippen LogP contribution in [0.5, 0.6) is 0 Å². The standard InChI is InChI=1S/C27H42N2O4S/c1-17-5-7-18(8-6-17)25(30)29(22-15-23(27(2,3)4)34-24(22)26(31)32)19-9-11-20(12-10-19)33-21-13-14-28-16-21/h15,17-21,28H,5-14,16H2,1-4H3,(H,31,32)/t17?,18?,19?,20?,21-/m1/s1. The molecule has 1 aromatic heterocycles. The van der Waals surface area contributed by atoms with Crippen molar-refractivity contribution in [3.63, 3.8) is 0 Å². The van der Waals surface area contributed by atoms with Crippen LogP contribution in [-0.4, -0.2) is 48.3 Å². The molecule has 4 rings (SSSR count). The number of carbonyl (C=O) groups excluding carboxylic acids is 1. The lowest BCUT2D eigenvalue weighted by molar-refractivity contribution is -0.124. The van der Waals surface area contributed by atoms with Gasteiger partial charge in [-0.1, -0.05) is 27.7 Å². The van der Waals surface area contributed by atoms with Crippen LogP contribution >= 0.6 is 11.3 Å². The van der Waals surface area contributed by atoms with Crippen LogP contribution in [0, 0.1) is 11.8 Å². The molecule has 2 saturated carbocycles. The maximum absolute atomic E-state index is 14.0. The van der Waals surface area contributed by atoms with Crippen LogP contribution in [0.15, 0.2) is 6.07 Å². The van der Waals surface area contributed by atoms with Gasteiger partial charge in [-0.2, -0.15) is 0 Å². The van der Waals surface area contributed by atoms with Gasteiger partial charge in [0.15, 0.2) is 0 Å². The topological polar surface area (TPSA) is 78.9 Å². The quantitative estimate of drug-likeness (QED) is 0.543. The van der Waals surface area contributed by atoms with E-state index >= 15 is 0 Å². The maximum Gasteiger partial charge on any atom is 0.348 e. The summed E-state index contributed by atoms with van der Waals surface area (Å²) in [4.78, 5) is 29.5. The van der Waals surface area contributed by atoms with Crippen LogP contribution in [0.4, 0.5) is 5.69 Å². The highest BCUT2D eigenvalue weighted by Gasteiger charge is 2.38. The van der Waals surface area contributed by atoms with E-state index in [2.05, 4.69) is 33.0 Å². The van der Waals surface area contributed by atoms with Crippen LogP contribution in [-0.2, 0) is 14.9 Å². The number of aromatic carboxylic acids is 1. The number of thiophene rings is 1. The molecule has 2 heterocycles. The SMILES string of the molecule is CC1CCC(C(=O)N(c2cc(C(C)(C)C)sc2C(=O)O)C2CCC(O[C@@H]3CCNC3)CC2)CC1. The molecular weight excluding hydrogens is 448 g/mol. The molecule has 7 heteroatoms. The second-order valence-electron chi connectivity index (χ2n) is 11.7. The largest absolute Gasteiger partial charge is 0.477 e. The highest BCUT2D eigenvalue weighted by molar-refractivity contribution is 7.14. The lowest BCUT2D eigenvalue weighted by atomic mass is 9.81. The summed E-state index contributed by atoms with van der Waals surface area (Å²) in [7, 11) is 0. The molecule has 1 aromatic rings. The molecule has 1 aliphatic heterocycles. The number of anilines is 1. The Hall–Kier alpha value is -1.44. The molecule has 34 heavy (non-hydrogen) atoms. The van der Waals surface area contributed by atoms with Crippen molar-refractivity contribution in [3.8, 4) is 0 Å². The monoisotopic (exact) mass is 490 g/mol. The number of amides is 1. The normalized spacial score (nSPS) is 30.3. The van der Waals surface area contributed by atoms with Gasteiger partial charge in [-0.25, -0.2) is 4.79 Å². The average Bonchev–Trinajstić information content (AvgIpc) is 3.46. The van der Waals surface area contributed by atoms with Crippen LogP contribution in [0.25, 0.3) is 0 Å². The summed E-state index contributed by atoms with van der Waals surface area (Å²) in [5.41, 5.74) is 0.457. The molecule has 0 unspecified atom stereocenters. The first kappa shape index (κ1) is 25.6. The number of carbonyl (C=O) groups is 2. The van der Waals surface area contributed by atoms with Crippen molar-refractivity contribution >= 4 is 28.9 Å². The number of nitrogens with zero attached hydrogens (tertiary/aromatic N) is 1. The molecule has 3 fully saturated rings. The van der Waals surface area contributed by atoms with Gasteiger partial charge in [0.1, 0.15) is 4.88 Å². The fraction of sp³-hybridized carbons (Fsp3) is 0.778. The van der Waals surface area contributed by atoms with Gasteiger partial charge in [-0.15, -0.1) is 11.3 Å². The maximum atomic E-state index is 14.0. The Balaban J connectivity index is 1.58. The van der Waals surface area contributed by atoms with Crippen molar-refractivity contribution < 1.29 is 19.4 Å². The molecular formula is C27H42N2O4S. The number of rotatable bonds is 6. The van der Waals surface area contributed by atoms with Gasteiger partial charge in [0, 0.05) is 23.4 Å². The first-order valence-electron chi connectivity index (χ1n) is 13.2. The van der Waals surface area contributed by atoms with Crippen LogP contribution in [0.2, 0.25) is 0 Å². The van der Waals surface area contributed by atoms with Gasteiger partial charge in [-0.3, -0.25) is 4.79 Å². The molecule has 1 amide bonds. The van der Waals surface area contributed by atoms with E-state index in [0.29, 0.717) is 22.6 Å². The number of ether oxygens (including phenoxy) is 1. The first-order chi connectivity index (χ1) is 16.1. The minimum absolute atomic E-state index is 0.00521. The van der Waals surface area contributed by atoms with Gasteiger partial charge in [-0.05, 0) is 81.7 Å². The third-order valence-corrected chi connectivity index (χ3v) is 9.45. The Kier molecular flexibility index (Phi) is 8.05. The molecule has 0 spiro atoms. The second-order valence-corrected chi connectivity index (χ2v) is 12.8. The fourth-order valence-electron chi connectivity index (χ4n) is 5.74. The summed E-state index contributed by atoms with van der Waals surface area (Å²) in [6, 6.07) is 2.03. The fourth-order valence-corrected chi connectivity index (χ4v) is 6.78. The van der Waals surface area contributed by atoms with Crippen molar-refractivity contribution in [2.24, 2.45) is 11.8 Å². The van der Waals surface area contributed by atoms with Crippen molar-refractivity contribution in [1.82, 2.24) is 5.32 Å². The second kappa shape index (κ2) is 10.7.